The summed E-state index contributed by atoms with van der Waals surface area (Å²) in [6.07, 6.45) is 0. The van der Waals surface area contributed by atoms with Crippen LogP contribution in [0.3, 0.4) is 0 Å². The van der Waals surface area contributed by atoms with E-state index in [0.717, 1.165) is 43.8 Å². The van der Waals surface area contributed by atoms with Crippen molar-refractivity contribution in [3.8, 4) is 45.6 Å². The quantitative estimate of drug-likeness (QED) is 0.185. The Kier molecular flexibility index (Phi) is 5.77. The molecule has 2 amide bonds. The lowest BCUT2D eigenvalue weighted by atomic mass is 10.1. The van der Waals surface area contributed by atoms with E-state index in [1.807, 2.05) is 102 Å². The Labute approximate surface area is 294 Å². The topological polar surface area (TPSA) is 135 Å². The van der Waals surface area contributed by atoms with Crippen LogP contribution >= 0.6 is 0 Å². The summed E-state index contributed by atoms with van der Waals surface area (Å²) in [5, 5.41) is 3.32. The highest BCUT2D eigenvalue weighted by atomic mass is 16.2. The summed E-state index contributed by atoms with van der Waals surface area (Å²) in [6, 6.07) is 38.3. The van der Waals surface area contributed by atoms with Crippen LogP contribution in [0.2, 0.25) is 0 Å². The van der Waals surface area contributed by atoms with Crippen molar-refractivity contribution in [2.75, 3.05) is 0 Å². The van der Waals surface area contributed by atoms with Crippen molar-refractivity contribution in [3.63, 3.8) is 0 Å². The number of imide groups is 1. The molecule has 5 aromatic carbocycles. The highest BCUT2D eigenvalue weighted by molar-refractivity contribution is 6.21. The van der Waals surface area contributed by atoms with Gasteiger partial charge in [0, 0.05) is 43.8 Å². The molecule has 0 saturated carbocycles. The van der Waals surface area contributed by atoms with E-state index in [1.165, 1.54) is 4.90 Å². The Bertz CT molecular complexity index is 2870. The maximum absolute atomic E-state index is 13.8. The van der Waals surface area contributed by atoms with Crippen LogP contribution in [0, 0.1) is 0 Å². The summed E-state index contributed by atoms with van der Waals surface area (Å²) in [4.78, 5) is 62.8. The second-order valence-corrected chi connectivity index (χ2v) is 12.8. The lowest BCUT2D eigenvalue weighted by Crippen LogP contribution is -2.32. The fourth-order valence-electron chi connectivity index (χ4n) is 7.41. The molecule has 0 atom stereocenters. The minimum atomic E-state index is -0.384. The molecule has 0 radical (unpaired) electrons. The van der Waals surface area contributed by atoms with E-state index >= 15 is 0 Å². The molecule has 0 aliphatic carbocycles. The maximum atomic E-state index is 13.8. The number of nitrogens with one attached hydrogen (secondary N) is 1. The predicted octanol–water partition coefficient (Wildman–Crippen LogP) is 7.60. The molecule has 11 heteroatoms. The van der Waals surface area contributed by atoms with Crippen LogP contribution < -0.4 is 0 Å². The molecule has 8 aromatic rings. The molecule has 0 spiro atoms. The molecular weight excluding hydrogens is 651 g/mol. The molecule has 52 heavy (non-hydrogen) atoms. The van der Waals surface area contributed by atoms with Crippen molar-refractivity contribution in [3.05, 3.63) is 132 Å². The van der Waals surface area contributed by atoms with Gasteiger partial charge in [0.25, 0.3) is 11.8 Å². The molecule has 11 rings (SSSR count). The van der Waals surface area contributed by atoms with Gasteiger partial charge in [-0.3, -0.25) is 19.1 Å². The molecule has 0 unspecified atom stereocenters. The normalized spacial score (nSPS) is 13.1. The molecule has 11 nitrogen and oxygen atoms in total. The number of carbonyl (C=O) groups excluding carboxylic acids is 2. The fraction of sp³-hybridized carbons (Fsp3) is 0.0244. The van der Waals surface area contributed by atoms with Crippen LogP contribution in [-0.2, 0) is 6.67 Å². The van der Waals surface area contributed by atoms with Gasteiger partial charge in [-0.25, -0.2) is 29.9 Å². The zero-order valence-electron chi connectivity index (χ0n) is 27.1. The number of aromatic amines is 1. The van der Waals surface area contributed by atoms with Crippen molar-refractivity contribution >= 4 is 55.9 Å². The summed E-state index contributed by atoms with van der Waals surface area (Å²) in [5.74, 6) is 1.10. The van der Waals surface area contributed by atoms with E-state index < -0.39 is 0 Å². The molecule has 3 aliphatic rings. The van der Waals surface area contributed by atoms with Gasteiger partial charge in [-0.1, -0.05) is 109 Å². The van der Waals surface area contributed by atoms with Crippen molar-refractivity contribution < 1.29 is 9.59 Å². The van der Waals surface area contributed by atoms with E-state index in [9.17, 15) is 9.59 Å². The van der Waals surface area contributed by atoms with Crippen molar-refractivity contribution in [1.29, 1.82) is 0 Å². The van der Waals surface area contributed by atoms with Gasteiger partial charge in [0.1, 0.15) is 29.3 Å². The Morgan fingerprint density at radius 3 is 1.17 bits per heavy atom. The zero-order chi connectivity index (χ0) is 34.5. The number of benzene rings is 5. The molecule has 8 bridgehead atoms. The van der Waals surface area contributed by atoms with Gasteiger partial charge in [0.2, 0.25) is 0 Å². The monoisotopic (exact) mass is 673 g/mol. The van der Waals surface area contributed by atoms with Crippen LogP contribution in [0.1, 0.15) is 20.7 Å². The van der Waals surface area contributed by atoms with Gasteiger partial charge in [-0.2, -0.15) is 0 Å². The van der Waals surface area contributed by atoms with Gasteiger partial charge in [0.15, 0.2) is 23.3 Å². The van der Waals surface area contributed by atoms with Crippen molar-refractivity contribution in [2.45, 2.75) is 6.67 Å². The first-order valence-corrected chi connectivity index (χ1v) is 16.8. The largest absolute Gasteiger partial charge is 0.324 e. The molecule has 1 N–H and O–H groups in total. The molecule has 0 fully saturated rings. The SMILES string of the molecule is O=C1c2ccccc2C(=O)N1Cn1c2nc3nc(nc4[nH]c(nc5nc(nc1c1ccccc12)-c1ccccc1-5)c1ccccc41)-c1ccccc1-3. The minimum Gasteiger partial charge on any atom is -0.324 e. The molecule has 0 saturated heterocycles. The first-order chi connectivity index (χ1) is 25.6. The first-order valence-electron chi connectivity index (χ1n) is 16.8. The standard InChI is InChI=1S/C41H23N9O2/c51-40-30-19-9-10-20-31(30)41(52)50(40)21-49-38-28-17-7-8-18-29(28)39(49)48-37-27-16-6-4-14-25(27)35(46-37)44-33-23-12-2-1-11-22(23)32(42-33)43-34-24-13-3-5-15-26(24)36(45-34)47-38/h1-20H,21H2,(H,42,43,44,45,46,47,48). The van der Waals surface area contributed by atoms with E-state index in [1.54, 1.807) is 24.3 Å². The summed E-state index contributed by atoms with van der Waals surface area (Å²) in [6.45, 7) is -0.139. The van der Waals surface area contributed by atoms with Crippen molar-refractivity contribution in [2.24, 2.45) is 0 Å². The average molecular weight is 674 g/mol. The lowest BCUT2D eigenvalue weighted by molar-refractivity contribution is 0.0610. The van der Waals surface area contributed by atoms with Crippen LogP contribution in [-0.4, -0.2) is 56.2 Å². The number of rotatable bonds is 2. The number of amides is 2. The van der Waals surface area contributed by atoms with Gasteiger partial charge in [-0.05, 0) is 12.1 Å². The van der Waals surface area contributed by atoms with E-state index in [2.05, 4.69) is 4.98 Å². The van der Waals surface area contributed by atoms with Gasteiger partial charge >= 0.3 is 0 Å². The fourth-order valence-corrected chi connectivity index (χ4v) is 7.41. The van der Waals surface area contributed by atoms with Crippen LogP contribution in [0.25, 0.3) is 89.7 Å². The number of carbonyl (C=O) groups is 2. The van der Waals surface area contributed by atoms with Gasteiger partial charge in [0.05, 0.1) is 11.1 Å². The zero-order valence-corrected chi connectivity index (χ0v) is 27.1. The predicted molar refractivity (Wildman–Crippen MR) is 197 cm³/mol. The molecule has 244 valence electrons. The average Bonchev–Trinajstić information content (AvgIpc) is 3.95. The minimum absolute atomic E-state index is 0.139. The van der Waals surface area contributed by atoms with Crippen LogP contribution in [0.15, 0.2) is 121 Å². The lowest BCUT2D eigenvalue weighted by Gasteiger charge is -2.16. The Morgan fingerprint density at radius 2 is 0.750 bits per heavy atom. The molecule has 3 aromatic heterocycles. The maximum Gasteiger partial charge on any atom is 0.263 e. The first kappa shape index (κ1) is 28.4. The van der Waals surface area contributed by atoms with Gasteiger partial charge < -0.3 is 4.98 Å². The summed E-state index contributed by atoms with van der Waals surface area (Å²) >= 11 is 0. The Morgan fingerprint density at radius 1 is 0.404 bits per heavy atom. The highest BCUT2D eigenvalue weighted by Gasteiger charge is 2.36. The van der Waals surface area contributed by atoms with Crippen LogP contribution in [0.5, 0.6) is 0 Å². The molecule has 6 heterocycles. The van der Waals surface area contributed by atoms with Gasteiger partial charge in [-0.15, -0.1) is 0 Å². The second kappa shape index (κ2) is 10.6. The number of fused-ring (bicyclic) bond motifs is 21. The third-order valence-electron chi connectivity index (χ3n) is 9.86. The smallest absolute Gasteiger partial charge is 0.263 e. The molecule has 3 aliphatic heterocycles. The number of hydrogen-bond donors (Lipinski definition) is 1. The molecular formula is C41H23N9O2. The second-order valence-electron chi connectivity index (χ2n) is 12.8. The summed E-state index contributed by atoms with van der Waals surface area (Å²) < 4.78 is 1.81. The van der Waals surface area contributed by atoms with E-state index in [0.29, 0.717) is 57.0 Å². The van der Waals surface area contributed by atoms with E-state index in [4.69, 9.17) is 29.9 Å². The summed E-state index contributed by atoms with van der Waals surface area (Å²) in [7, 11) is 0. The number of aromatic nitrogens is 8. The third-order valence-corrected chi connectivity index (χ3v) is 9.86. The Hall–Kier alpha value is -7.40. The number of nitrogens with zero attached hydrogens (tertiary/aromatic N) is 8. The highest BCUT2D eigenvalue weighted by Crippen LogP contribution is 2.38. The van der Waals surface area contributed by atoms with E-state index in [-0.39, 0.29) is 18.5 Å². The Balaban J connectivity index is 1.31. The van der Waals surface area contributed by atoms with Crippen molar-refractivity contribution in [1.82, 2.24) is 44.4 Å². The third kappa shape index (κ3) is 4.01. The number of H-pyrrole nitrogens is 1. The van der Waals surface area contributed by atoms with Crippen LogP contribution in [0.4, 0.5) is 0 Å². The summed E-state index contributed by atoms with van der Waals surface area (Å²) in [5.41, 5.74) is 6.16. The number of hydrogen-bond acceptors (Lipinski definition) is 8.